The minimum absolute atomic E-state index is 0.0340. The molecule has 1 aliphatic rings. The lowest BCUT2D eigenvalue weighted by Gasteiger charge is -2.22. The number of carboxylic acids is 1. The van der Waals surface area contributed by atoms with Crippen LogP contribution in [0.1, 0.15) is 28.3 Å². The molecule has 1 atom stereocenters. The van der Waals surface area contributed by atoms with Gasteiger partial charge in [-0.05, 0) is 32.2 Å². The minimum Gasteiger partial charge on any atom is -0.475 e. The van der Waals surface area contributed by atoms with E-state index in [9.17, 15) is 4.79 Å². The first-order chi connectivity index (χ1) is 8.08. The number of hydrogen-bond acceptors (Lipinski definition) is 4. The highest BCUT2D eigenvalue weighted by molar-refractivity contribution is 7.99. The fraction of sp³-hybridized carbons (Fsp3) is 0.583. The molecule has 0 aromatic carbocycles. The van der Waals surface area contributed by atoms with Gasteiger partial charge in [-0.1, -0.05) is 0 Å². The normalized spacial score (nSPS) is 20.1. The second kappa shape index (κ2) is 5.14. The molecule has 0 bridgehead atoms. The maximum absolute atomic E-state index is 10.8. The number of aryl methyl sites for hydroxylation is 1. The van der Waals surface area contributed by atoms with Crippen LogP contribution in [0.3, 0.4) is 0 Å². The lowest BCUT2D eigenvalue weighted by molar-refractivity contribution is 0.0661. The summed E-state index contributed by atoms with van der Waals surface area (Å²) >= 11 is 1.98. The zero-order valence-electron chi connectivity index (χ0n) is 10.1. The monoisotopic (exact) mass is 255 g/mol. The molecule has 1 aromatic rings. The predicted octanol–water partition coefficient (Wildman–Crippen LogP) is 2.22. The van der Waals surface area contributed by atoms with Crippen LogP contribution in [0.4, 0.5) is 0 Å². The highest BCUT2D eigenvalue weighted by Gasteiger charge is 2.22. The van der Waals surface area contributed by atoms with E-state index >= 15 is 0 Å². The highest BCUT2D eigenvalue weighted by Crippen LogP contribution is 2.24. The van der Waals surface area contributed by atoms with E-state index in [1.807, 2.05) is 18.7 Å². The number of carboxylic acid groups (broad SMARTS) is 1. The Kier molecular flexibility index (Phi) is 3.79. The molecular formula is C12H17NO3S. The van der Waals surface area contributed by atoms with Gasteiger partial charge in [-0.25, -0.2) is 4.79 Å². The Morgan fingerprint density at radius 3 is 3.00 bits per heavy atom. The highest BCUT2D eigenvalue weighted by atomic mass is 32.2. The summed E-state index contributed by atoms with van der Waals surface area (Å²) in [6, 6.07) is 2.23. The molecule has 5 heteroatoms. The summed E-state index contributed by atoms with van der Waals surface area (Å²) < 4.78 is 5.21. The summed E-state index contributed by atoms with van der Waals surface area (Å²) in [5.74, 6) is 2.13. The standard InChI is InChI=1S/C12H17NO3S/c1-8-9(5-11(16-8)12(14)15)6-13(2)10-3-4-17-7-10/h5,10H,3-4,6-7H2,1-2H3,(H,14,15). The molecule has 94 valence electrons. The maximum atomic E-state index is 10.8. The van der Waals surface area contributed by atoms with E-state index in [-0.39, 0.29) is 5.76 Å². The van der Waals surface area contributed by atoms with Crippen molar-refractivity contribution in [2.45, 2.75) is 25.9 Å². The lowest BCUT2D eigenvalue weighted by atomic mass is 10.2. The van der Waals surface area contributed by atoms with E-state index in [0.717, 1.165) is 12.1 Å². The minimum atomic E-state index is -1.00. The number of nitrogens with zero attached hydrogens (tertiary/aromatic N) is 1. The Morgan fingerprint density at radius 2 is 2.47 bits per heavy atom. The van der Waals surface area contributed by atoms with Crippen LogP contribution in [-0.4, -0.2) is 40.6 Å². The van der Waals surface area contributed by atoms with Crippen LogP contribution in [-0.2, 0) is 6.54 Å². The van der Waals surface area contributed by atoms with Gasteiger partial charge >= 0.3 is 5.97 Å². The van der Waals surface area contributed by atoms with Gasteiger partial charge in [-0.15, -0.1) is 0 Å². The predicted molar refractivity (Wildman–Crippen MR) is 67.6 cm³/mol. The Labute approximate surface area is 105 Å². The van der Waals surface area contributed by atoms with Crippen molar-refractivity contribution in [1.29, 1.82) is 0 Å². The zero-order chi connectivity index (χ0) is 12.4. The van der Waals surface area contributed by atoms with Crippen molar-refractivity contribution >= 4 is 17.7 Å². The largest absolute Gasteiger partial charge is 0.475 e. The summed E-state index contributed by atoms with van der Waals surface area (Å²) in [5.41, 5.74) is 0.974. The summed E-state index contributed by atoms with van der Waals surface area (Å²) in [4.78, 5) is 13.1. The average molecular weight is 255 g/mol. The molecule has 2 rings (SSSR count). The molecule has 0 amide bonds. The van der Waals surface area contributed by atoms with Crippen LogP contribution < -0.4 is 0 Å². The Balaban J connectivity index is 2.04. The number of carbonyl (C=O) groups is 1. The van der Waals surface area contributed by atoms with E-state index < -0.39 is 5.97 Å². The summed E-state index contributed by atoms with van der Waals surface area (Å²) in [7, 11) is 2.09. The molecule has 0 radical (unpaired) electrons. The van der Waals surface area contributed by atoms with Crippen molar-refractivity contribution in [2.75, 3.05) is 18.6 Å². The van der Waals surface area contributed by atoms with Crippen LogP contribution in [0.5, 0.6) is 0 Å². The average Bonchev–Trinajstić information content (AvgIpc) is 2.88. The molecule has 0 aliphatic carbocycles. The Bertz CT molecular complexity index is 410. The molecule has 4 nitrogen and oxygen atoms in total. The zero-order valence-corrected chi connectivity index (χ0v) is 10.9. The van der Waals surface area contributed by atoms with Gasteiger partial charge in [0.2, 0.25) is 5.76 Å². The lowest BCUT2D eigenvalue weighted by Crippen LogP contribution is -2.30. The fourth-order valence-corrected chi connectivity index (χ4v) is 3.35. The van der Waals surface area contributed by atoms with Gasteiger partial charge in [0, 0.05) is 23.9 Å². The van der Waals surface area contributed by atoms with Crippen molar-refractivity contribution in [3.05, 3.63) is 23.2 Å². The van der Waals surface area contributed by atoms with Gasteiger partial charge in [-0.2, -0.15) is 11.8 Å². The third kappa shape index (κ3) is 2.84. The van der Waals surface area contributed by atoms with Gasteiger partial charge in [-0.3, -0.25) is 4.90 Å². The van der Waals surface area contributed by atoms with Crippen molar-refractivity contribution in [3.63, 3.8) is 0 Å². The number of aromatic carboxylic acids is 1. The first-order valence-corrected chi connectivity index (χ1v) is 6.84. The molecule has 0 spiro atoms. The quantitative estimate of drug-likeness (QED) is 0.894. The van der Waals surface area contributed by atoms with E-state index in [4.69, 9.17) is 9.52 Å². The van der Waals surface area contributed by atoms with Gasteiger partial charge in [0.25, 0.3) is 0 Å². The van der Waals surface area contributed by atoms with E-state index in [1.54, 1.807) is 6.07 Å². The Morgan fingerprint density at radius 1 is 1.71 bits per heavy atom. The SMILES string of the molecule is Cc1oc(C(=O)O)cc1CN(C)C1CCSC1. The van der Waals surface area contributed by atoms with Crippen LogP contribution in [0, 0.1) is 6.92 Å². The van der Waals surface area contributed by atoms with E-state index in [1.165, 1.54) is 17.9 Å². The molecule has 2 heterocycles. The first kappa shape index (κ1) is 12.5. The van der Waals surface area contributed by atoms with Gasteiger partial charge in [0.15, 0.2) is 0 Å². The molecule has 1 unspecified atom stereocenters. The maximum Gasteiger partial charge on any atom is 0.371 e. The van der Waals surface area contributed by atoms with Crippen molar-refractivity contribution in [2.24, 2.45) is 0 Å². The number of hydrogen-bond donors (Lipinski definition) is 1. The van der Waals surface area contributed by atoms with Crippen LogP contribution >= 0.6 is 11.8 Å². The van der Waals surface area contributed by atoms with Crippen LogP contribution in [0.15, 0.2) is 10.5 Å². The molecule has 1 aromatic heterocycles. The van der Waals surface area contributed by atoms with Crippen LogP contribution in [0.2, 0.25) is 0 Å². The fourth-order valence-electron chi connectivity index (χ4n) is 2.05. The number of rotatable bonds is 4. The third-order valence-corrected chi connectivity index (χ3v) is 4.32. The molecule has 1 aliphatic heterocycles. The molecule has 17 heavy (non-hydrogen) atoms. The second-order valence-electron chi connectivity index (χ2n) is 4.43. The van der Waals surface area contributed by atoms with Crippen molar-refractivity contribution < 1.29 is 14.3 Å². The summed E-state index contributed by atoms with van der Waals surface area (Å²) in [5, 5.41) is 8.86. The molecule has 1 N–H and O–H groups in total. The van der Waals surface area contributed by atoms with Crippen molar-refractivity contribution in [1.82, 2.24) is 4.90 Å². The Hall–Kier alpha value is -0.940. The number of thioether (sulfide) groups is 1. The third-order valence-electron chi connectivity index (χ3n) is 3.18. The molecular weight excluding hydrogens is 238 g/mol. The molecule has 0 saturated carbocycles. The van der Waals surface area contributed by atoms with Crippen LogP contribution in [0.25, 0.3) is 0 Å². The summed E-state index contributed by atoms with van der Waals surface area (Å²) in [6.07, 6.45) is 1.21. The van der Waals surface area contributed by atoms with Gasteiger partial charge in [0.05, 0.1) is 0 Å². The van der Waals surface area contributed by atoms with Gasteiger partial charge in [0.1, 0.15) is 5.76 Å². The second-order valence-corrected chi connectivity index (χ2v) is 5.58. The molecule has 1 fully saturated rings. The van der Waals surface area contributed by atoms with E-state index in [0.29, 0.717) is 11.8 Å². The molecule has 1 saturated heterocycles. The van der Waals surface area contributed by atoms with E-state index in [2.05, 4.69) is 11.9 Å². The van der Waals surface area contributed by atoms with Gasteiger partial charge < -0.3 is 9.52 Å². The smallest absolute Gasteiger partial charge is 0.371 e. The summed E-state index contributed by atoms with van der Waals surface area (Å²) in [6.45, 7) is 2.58. The topological polar surface area (TPSA) is 53.7 Å². The first-order valence-electron chi connectivity index (χ1n) is 5.68. The number of furan rings is 1. The van der Waals surface area contributed by atoms with Crippen molar-refractivity contribution in [3.8, 4) is 0 Å².